The zero-order chi connectivity index (χ0) is 4.50. The second-order valence-electron chi connectivity index (χ2n) is 0.408. The van der Waals surface area contributed by atoms with Gasteiger partial charge in [0.1, 0.15) is 0 Å². The summed E-state index contributed by atoms with van der Waals surface area (Å²) in [6.07, 6.45) is 0. The van der Waals surface area contributed by atoms with E-state index >= 15 is 0 Å². The van der Waals surface area contributed by atoms with Crippen molar-refractivity contribution in [3.63, 3.8) is 0 Å². The molecule has 0 bridgehead atoms. The second kappa shape index (κ2) is 2.75. The molecule has 0 aliphatic heterocycles. The maximum Gasteiger partial charge on any atom is 0.0311 e. The van der Waals surface area contributed by atoms with E-state index in [1.54, 1.807) is 0 Å². The third kappa shape index (κ3) is 151. The number of hydrogen-bond donors (Lipinski definition) is 0. The highest BCUT2D eigenvalue weighted by Gasteiger charge is 1.49. The van der Waals surface area contributed by atoms with Crippen LogP contribution in [-0.4, -0.2) is 40.6 Å². The summed E-state index contributed by atoms with van der Waals surface area (Å²) in [6, 6.07) is 0. The predicted molar refractivity (Wildman–Crippen MR) is 16.2 cm³/mol. The zero-order valence-corrected chi connectivity index (χ0v) is 4.98. The van der Waals surface area contributed by atoms with Crippen LogP contribution in [0.2, 0.25) is 0 Å². The molecule has 0 aliphatic carbocycles. The van der Waals surface area contributed by atoms with Gasteiger partial charge < -0.3 is 9.11 Å². The molecule has 0 amide bonds. The Bertz CT molecular complexity index is 90.7. The van der Waals surface area contributed by atoms with Crippen molar-refractivity contribution < 1.29 is 17.5 Å². The lowest BCUT2D eigenvalue weighted by molar-refractivity contribution is 0.352. The lowest BCUT2D eigenvalue weighted by Crippen LogP contribution is -1.91. The van der Waals surface area contributed by atoms with Crippen LogP contribution in [0.25, 0.3) is 0 Å². The third-order valence-electron chi connectivity index (χ3n) is 0. The van der Waals surface area contributed by atoms with Crippen LogP contribution in [0.15, 0.2) is 0 Å². The maximum absolute atomic E-state index is 8.52. The molecule has 0 rings (SSSR count). The lowest BCUT2D eigenvalue weighted by atomic mass is 15.8. The summed E-state index contributed by atoms with van der Waals surface area (Å²) in [4.78, 5) is 0. The zero-order valence-electron chi connectivity index (χ0n) is 2.75. The van der Waals surface area contributed by atoms with E-state index in [9.17, 15) is 0 Å². The average Bonchev–Trinajstić information content (AvgIpc) is 0.722. The first kappa shape index (κ1) is 9.81. The minimum Gasteiger partial charge on any atom is -0.759 e. The molecule has 6 heavy (non-hydrogen) atoms. The Morgan fingerprint density at radius 2 is 1.17 bits per heavy atom. The SMILES string of the molecule is O=S(=O)([O-])[O-].[Mg]. The van der Waals surface area contributed by atoms with Gasteiger partial charge in [-0.1, -0.05) is 0 Å². The Labute approximate surface area is 51.3 Å². The standard InChI is InChI=1S/Mg.H2O4S/c;1-5(2,3)4/h;(H2,1,2,3,4)/p-2. The first-order chi connectivity index (χ1) is 2.00. The minimum absolute atomic E-state index is 0. The first-order valence-electron chi connectivity index (χ1n) is 0.667. The Balaban J connectivity index is 0. The fourth-order valence-corrected chi connectivity index (χ4v) is 0. The van der Waals surface area contributed by atoms with Gasteiger partial charge in [0.15, 0.2) is 0 Å². The second-order valence-corrected chi connectivity index (χ2v) is 1.22. The Morgan fingerprint density at radius 1 is 1.17 bits per heavy atom. The molecule has 4 nitrogen and oxygen atoms in total. The number of hydrogen-bond acceptors (Lipinski definition) is 4. The summed E-state index contributed by atoms with van der Waals surface area (Å²) in [5.41, 5.74) is 0. The van der Waals surface area contributed by atoms with Crippen LogP contribution >= 0.6 is 0 Å². The molecule has 0 saturated carbocycles. The topological polar surface area (TPSA) is 80.3 Å². The van der Waals surface area contributed by atoms with E-state index in [0.29, 0.717) is 0 Å². The van der Waals surface area contributed by atoms with E-state index in [-0.39, 0.29) is 23.1 Å². The maximum atomic E-state index is 8.52. The molecular formula is MgO4S-2. The lowest BCUT2D eigenvalue weighted by Gasteiger charge is -2.06. The van der Waals surface area contributed by atoms with E-state index in [1.165, 1.54) is 0 Å². The summed E-state index contributed by atoms with van der Waals surface area (Å²) in [6.45, 7) is 0. The molecule has 0 aliphatic rings. The smallest absolute Gasteiger partial charge is 0.0311 e. The van der Waals surface area contributed by atoms with Crippen molar-refractivity contribution in [2.75, 3.05) is 0 Å². The van der Waals surface area contributed by atoms with E-state index < -0.39 is 10.4 Å². The van der Waals surface area contributed by atoms with Gasteiger partial charge in [0.2, 0.25) is 0 Å². The molecule has 6 heteroatoms. The van der Waals surface area contributed by atoms with Gasteiger partial charge in [-0.2, -0.15) is 0 Å². The molecule has 0 aromatic heterocycles. The predicted octanol–water partition coefficient (Wildman–Crippen LogP) is -1.72. The molecule has 0 saturated heterocycles. The van der Waals surface area contributed by atoms with Crippen LogP contribution in [0, 0.1) is 0 Å². The summed E-state index contributed by atoms with van der Waals surface area (Å²) in [7, 11) is -5.17. The third-order valence-corrected chi connectivity index (χ3v) is 0. The van der Waals surface area contributed by atoms with Gasteiger partial charge in [-0.05, 0) is 0 Å². The highest BCUT2D eigenvalue weighted by molar-refractivity contribution is 7.79. The minimum atomic E-state index is -5.17. The molecule has 0 aromatic rings. The van der Waals surface area contributed by atoms with Crippen molar-refractivity contribution in [1.82, 2.24) is 0 Å². The fourth-order valence-electron chi connectivity index (χ4n) is 0. The highest BCUT2D eigenvalue weighted by atomic mass is 32.3. The quantitative estimate of drug-likeness (QED) is 0.216. The van der Waals surface area contributed by atoms with Crippen LogP contribution in [0.1, 0.15) is 0 Å². The molecule has 0 aromatic carbocycles. The van der Waals surface area contributed by atoms with Crippen molar-refractivity contribution >= 4 is 33.5 Å². The molecule has 0 N–H and O–H groups in total. The molecule has 34 valence electrons. The Hall–Kier alpha value is 0.636. The average molecular weight is 120 g/mol. The van der Waals surface area contributed by atoms with E-state index in [1.807, 2.05) is 0 Å². The van der Waals surface area contributed by atoms with Gasteiger partial charge in [-0.3, -0.25) is 8.42 Å². The van der Waals surface area contributed by atoms with Crippen LogP contribution in [0.3, 0.4) is 0 Å². The van der Waals surface area contributed by atoms with Crippen LogP contribution in [0.5, 0.6) is 0 Å². The van der Waals surface area contributed by atoms with Crippen LogP contribution in [-0.2, 0) is 10.4 Å². The molecule has 0 unspecified atom stereocenters. The van der Waals surface area contributed by atoms with Crippen LogP contribution < -0.4 is 0 Å². The van der Waals surface area contributed by atoms with Gasteiger partial charge >= 0.3 is 0 Å². The first-order valence-corrected chi connectivity index (χ1v) is 2.00. The molecule has 0 heterocycles. The Kier molecular flexibility index (Phi) is 4.50. The molecule has 2 radical (unpaired) electrons. The summed E-state index contributed by atoms with van der Waals surface area (Å²) < 4.78 is 34.1. The van der Waals surface area contributed by atoms with Crippen molar-refractivity contribution in [3.05, 3.63) is 0 Å². The van der Waals surface area contributed by atoms with Crippen LogP contribution in [0.4, 0.5) is 0 Å². The monoisotopic (exact) mass is 120 g/mol. The van der Waals surface area contributed by atoms with Crippen molar-refractivity contribution in [2.24, 2.45) is 0 Å². The normalized spacial score (nSPS) is 9.67. The molecule has 0 fully saturated rings. The van der Waals surface area contributed by atoms with Crippen molar-refractivity contribution in [1.29, 1.82) is 0 Å². The largest absolute Gasteiger partial charge is 0.759 e. The van der Waals surface area contributed by atoms with Gasteiger partial charge in [0.05, 0.1) is 0 Å². The van der Waals surface area contributed by atoms with Gasteiger partial charge in [-0.25, -0.2) is 0 Å². The van der Waals surface area contributed by atoms with E-state index in [4.69, 9.17) is 17.5 Å². The summed E-state index contributed by atoms with van der Waals surface area (Å²) in [5, 5.41) is 0. The van der Waals surface area contributed by atoms with E-state index in [2.05, 4.69) is 0 Å². The highest BCUT2D eigenvalue weighted by Crippen LogP contribution is 1.57. The molecular weight excluding hydrogens is 120 g/mol. The van der Waals surface area contributed by atoms with Crippen molar-refractivity contribution in [3.8, 4) is 0 Å². The summed E-state index contributed by atoms with van der Waals surface area (Å²) >= 11 is 0. The van der Waals surface area contributed by atoms with E-state index in [0.717, 1.165) is 0 Å². The van der Waals surface area contributed by atoms with Gasteiger partial charge in [-0.15, -0.1) is 0 Å². The Morgan fingerprint density at radius 3 is 1.17 bits per heavy atom. The summed E-state index contributed by atoms with van der Waals surface area (Å²) in [5.74, 6) is 0. The molecule has 0 spiro atoms. The number of rotatable bonds is 0. The fraction of sp³-hybridized carbons (Fsp3) is 0. The van der Waals surface area contributed by atoms with Crippen molar-refractivity contribution in [2.45, 2.75) is 0 Å². The van der Waals surface area contributed by atoms with Gasteiger partial charge in [0.25, 0.3) is 0 Å². The molecule has 0 atom stereocenters. The van der Waals surface area contributed by atoms with Gasteiger partial charge in [0, 0.05) is 33.5 Å².